The van der Waals surface area contributed by atoms with Gasteiger partial charge in [0.2, 0.25) is 0 Å². The predicted octanol–water partition coefficient (Wildman–Crippen LogP) is 2.95. The summed E-state index contributed by atoms with van der Waals surface area (Å²) in [7, 11) is 0. The van der Waals surface area contributed by atoms with Crippen molar-refractivity contribution in [2.24, 2.45) is 0 Å². The zero-order chi connectivity index (χ0) is 9.14. The van der Waals surface area contributed by atoms with Gasteiger partial charge < -0.3 is 0 Å². The fraction of sp³-hybridized carbons (Fsp3) is 0.222. The maximum absolute atomic E-state index is 4.12. The highest BCUT2D eigenvalue weighted by atomic mass is 79.9. The number of nitrogens with one attached hydrogen (secondary N) is 1. The van der Waals surface area contributed by atoms with E-state index in [4.69, 9.17) is 0 Å². The number of nitrogens with zero attached hydrogens (tertiary/aromatic N) is 1. The number of aromatic nitrogens is 2. The Balaban J connectivity index is 3.04. The summed E-state index contributed by atoms with van der Waals surface area (Å²) in [6, 6.07) is 0. The van der Waals surface area contributed by atoms with E-state index in [1.807, 2.05) is 19.9 Å². The summed E-state index contributed by atoms with van der Waals surface area (Å²) in [6.45, 7) is 7.68. The molecular weight excluding hydrogens is 216 g/mol. The average molecular weight is 227 g/mol. The van der Waals surface area contributed by atoms with Crippen molar-refractivity contribution in [3.8, 4) is 0 Å². The van der Waals surface area contributed by atoms with Crippen molar-refractivity contribution in [1.82, 2.24) is 10.2 Å². The Bertz CT molecular complexity index is 323. The molecule has 0 aromatic carbocycles. The minimum Gasteiger partial charge on any atom is -0.282 e. The van der Waals surface area contributed by atoms with Gasteiger partial charge in [0.15, 0.2) is 0 Å². The molecule has 0 saturated heterocycles. The molecule has 0 aliphatic heterocycles. The van der Waals surface area contributed by atoms with Crippen molar-refractivity contribution in [3.05, 3.63) is 34.1 Å². The van der Waals surface area contributed by atoms with Crippen LogP contribution in [0.4, 0.5) is 0 Å². The first-order chi connectivity index (χ1) is 5.65. The van der Waals surface area contributed by atoms with Crippen LogP contribution in [0.1, 0.15) is 17.0 Å². The third-order valence-electron chi connectivity index (χ3n) is 1.76. The SMILES string of the molecule is C=C/C(Br)=C\c1n[nH]c(C)c1C. The monoisotopic (exact) mass is 226 g/mol. The third-order valence-corrected chi connectivity index (χ3v) is 2.31. The molecule has 1 aromatic heterocycles. The number of hydrogen-bond donors (Lipinski definition) is 1. The third kappa shape index (κ3) is 1.85. The Morgan fingerprint density at radius 2 is 2.25 bits per heavy atom. The molecule has 0 radical (unpaired) electrons. The topological polar surface area (TPSA) is 28.7 Å². The average Bonchev–Trinajstić information content (AvgIpc) is 2.36. The van der Waals surface area contributed by atoms with Gasteiger partial charge in [-0.25, -0.2) is 0 Å². The van der Waals surface area contributed by atoms with E-state index in [1.165, 1.54) is 5.56 Å². The van der Waals surface area contributed by atoms with Gasteiger partial charge in [-0.3, -0.25) is 5.10 Å². The Labute approximate surface area is 80.5 Å². The molecule has 0 spiro atoms. The maximum atomic E-state index is 4.12. The molecule has 64 valence electrons. The maximum Gasteiger partial charge on any atom is 0.0891 e. The van der Waals surface area contributed by atoms with Gasteiger partial charge in [-0.2, -0.15) is 5.10 Å². The Morgan fingerprint density at radius 3 is 2.67 bits per heavy atom. The van der Waals surface area contributed by atoms with Crippen molar-refractivity contribution in [3.63, 3.8) is 0 Å². The highest BCUT2D eigenvalue weighted by Crippen LogP contribution is 2.15. The molecular formula is C9H11BrN2. The first kappa shape index (κ1) is 9.26. The molecule has 0 bridgehead atoms. The van der Waals surface area contributed by atoms with E-state index in [9.17, 15) is 0 Å². The van der Waals surface area contributed by atoms with Gasteiger partial charge in [-0.1, -0.05) is 28.6 Å². The van der Waals surface area contributed by atoms with Gasteiger partial charge in [0, 0.05) is 10.2 Å². The smallest absolute Gasteiger partial charge is 0.0891 e. The molecule has 3 heteroatoms. The van der Waals surface area contributed by atoms with Crippen molar-refractivity contribution in [2.45, 2.75) is 13.8 Å². The summed E-state index contributed by atoms with van der Waals surface area (Å²) in [6.07, 6.45) is 3.68. The summed E-state index contributed by atoms with van der Waals surface area (Å²) in [5.41, 5.74) is 3.23. The molecule has 0 amide bonds. The van der Waals surface area contributed by atoms with Crippen LogP contribution in [0.2, 0.25) is 0 Å². The van der Waals surface area contributed by atoms with Crippen LogP contribution in [0.3, 0.4) is 0 Å². The minimum atomic E-state index is 0.942. The van der Waals surface area contributed by atoms with Crippen molar-refractivity contribution < 1.29 is 0 Å². The first-order valence-corrected chi connectivity index (χ1v) is 4.45. The van der Waals surface area contributed by atoms with Crippen molar-refractivity contribution >= 4 is 22.0 Å². The molecule has 0 aliphatic carbocycles. The van der Waals surface area contributed by atoms with Gasteiger partial charge in [-0.15, -0.1) is 0 Å². The van der Waals surface area contributed by atoms with Crippen LogP contribution in [0.5, 0.6) is 0 Å². The van der Waals surface area contributed by atoms with E-state index in [1.54, 1.807) is 6.08 Å². The number of aromatic amines is 1. The summed E-state index contributed by atoms with van der Waals surface area (Å²) in [5.74, 6) is 0. The molecule has 0 atom stereocenters. The number of halogens is 1. The molecule has 1 rings (SSSR count). The van der Waals surface area contributed by atoms with Crippen LogP contribution < -0.4 is 0 Å². The molecule has 0 unspecified atom stereocenters. The fourth-order valence-corrected chi connectivity index (χ4v) is 1.05. The van der Waals surface area contributed by atoms with Crippen molar-refractivity contribution in [2.75, 3.05) is 0 Å². The van der Waals surface area contributed by atoms with Crippen LogP contribution in [0.25, 0.3) is 6.08 Å². The van der Waals surface area contributed by atoms with E-state index in [-0.39, 0.29) is 0 Å². The number of aryl methyl sites for hydroxylation is 1. The number of hydrogen-bond acceptors (Lipinski definition) is 1. The zero-order valence-corrected chi connectivity index (χ0v) is 8.77. The van der Waals surface area contributed by atoms with Gasteiger partial charge in [0.25, 0.3) is 0 Å². The van der Waals surface area contributed by atoms with E-state index in [2.05, 4.69) is 32.7 Å². The molecule has 1 N–H and O–H groups in total. The van der Waals surface area contributed by atoms with Crippen molar-refractivity contribution in [1.29, 1.82) is 0 Å². The van der Waals surface area contributed by atoms with Gasteiger partial charge in [0.1, 0.15) is 0 Å². The molecule has 0 aliphatic rings. The van der Waals surface area contributed by atoms with E-state index < -0.39 is 0 Å². The van der Waals surface area contributed by atoms with Crippen LogP contribution in [-0.2, 0) is 0 Å². The zero-order valence-electron chi connectivity index (χ0n) is 7.19. The number of allylic oxidation sites excluding steroid dienone is 2. The predicted molar refractivity (Wildman–Crippen MR) is 55.2 cm³/mol. The largest absolute Gasteiger partial charge is 0.282 e. The second-order valence-corrected chi connectivity index (χ2v) is 3.51. The summed E-state index contributed by atoms with van der Waals surface area (Å²) in [4.78, 5) is 0. The summed E-state index contributed by atoms with van der Waals surface area (Å²) < 4.78 is 0.942. The van der Waals surface area contributed by atoms with Gasteiger partial charge in [0.05, 0.1) is 5.69 Å². The summed E-state index contributed by atoms with van der Waals surface area (Å²) >= 11 is 3.35. The van der Waals surface area contributed by atoms with Gasteiger partial charge in [-0.05, 0) is 25.5 Å². The Hall–Kier alpha value is -0.830. The van der Waals surface area contributed by atoms with Crippen LogP contribution in [-0.4, -0.2) is 10.2 Å². The molecule has 2 nitrogen and oxygen atoms in total. The molecule has 0 saturated carbocycles. The van der Waals surface area contributed by atoms with E-state index in [0.29, 0.717) is 0 Å². The normalized spacial score (nSPS) is 11.8. The molecule has 1 aromatic rings. The Kier molecular flexibility index (Phi) is 2.87. The van der Waals surface area contributed by atoms with E-state index in [0.717, 1.165) is 15.9 Å². The first-order valence-electron chi connectivity index (χ1n) is 3.66. The van der Waals surface area contributed by atoms with Crippen LogP contribution in [0.15, 0.2) is 17.1 Å². The minimum absolute atomic E-state index is 0.942. The van der Waals surface area contributed by atoms with Crippen LogP contribution >= 0.6 is 15.9 Å². The highest BCUT2D eigenvalue weighted by Gasteiger charge is 2.01. The number of rotatable bonds is 2. The molecule has 0 fully saturated rings. The standard InChI is InChI=1S/C9H11BrN2/c1-4-8(10)5-9-6(2)7(3)11-12-9/h4-5H,1H2,2-3H3,(H,11,12)/b8-5+. The second-order valence-electron chi connectivity index (χ2n) is 2.59. The quantitative estimate of drug-likeness (QED) is 0.773. The van der Waals surface area contributed by atoms with Gasteiger partial charge >= 0.3 is 0 Å². The number of H-pyrrole nitrogens is 1. The molecule has 12 heavy (non-hydrogen) atoms. The summed E-state index contributed by atoms with van der Waals surface area (Å²) in [5, 5.41) is 7.04. The molecule has 1 heterocycles. The Morgan fingerprint density at radius 1 is 1.58 bits per heavy atom. The lowest BCUT2D eigenvalue weighted by molar-refractivity contribution is 1.04. The van der Waals surface area contributed by atoms with Crippen LogP contribution in [0, 0.1) is 13.8 Å². The lowest BCUT2D eigenvalue weighted by Crippen LogP contribution is -1.76. The second kappa shape index (κ2) is 3.72. The fourth-order valence-electron chi connectivity index (χ4n) is 0.834. The highest BCUT2D eigenvalue weighted by molar-refractivity contribution is 9.12. The lowest BCUT2D eigenvalue weighted by Gasteiger charge is -1.90. The van der Waals surface area contributed by atoms with E-state index >= 15 is 0 Å². The lowest BCUT2D eigenvalue weighted by atomic mass is 10.2.